The van der Waals surface area contributed by atoms with E-state index >= 15 is 0 Å². The van der Waals surface area contributed by atoms with Crippen LogP contribution in [0.5, 0.6) is 5.75 Å². The predicted octanol–water partition coefficient (Wildman–Crippen LogP) is 0.979. The molecule has 1 fully saturated rings. The van der Waals surface area contributed by atoms with Crippen molar-refractivity contribution in [1.82, 2.24) is 10.2 Å². The van der Waals surface area contributed by atoms with Gasteiger partial charge in [-0.2, -0.15) is 0 Å². The van der Waals surface area contributed by atoms with Gasteiger partial charge in [-0.05, 0) is 44.0 Å². The van der Waals surface area contributed by atoms with E-state index < -0.39 is 18.5 Å². The number of ether oxygens (including phenoxy) is 2. The lowest BCUT2D eigenvalue weighted by atomic mass is 10.2. The molecule has 0 unspecified atom stereocenters. The summed E-state index contributed by atoms with van der Waals surface area (Å²) in [5.74, 6) is -0.569. The second kappa shape index (κ2) is 8.33. The second-order valence-corrected chi connectivity index (χ2v) is 5.63. The molecule has 7 heteroatoms. The highest BCUT2D eigenvalue weighted by atomic mass is 16.5. The number of nitrogens with zero attached hydrogens (tertiary/aromatic N) is 1. The van der Waals surface area contributed by atoms with Gasteiger partial charge in [0.05, 0.1) is 18.7 Å². The van der Waals surface area contributed by atoms with E-state index in [2.05, 4.69) is 5.32 Å². The average molecular weight is 334 g/mol. The van der Waals surface area contributed by atoms with Gasteiger partial charge in [0.15, 0.2) is 6.61 Å². The number of rotatable bonds is 8. The molecule has 1 aromatic carbocycles. The second-order valence-electron chi connectivity index (χ2n) is 5.63. The normalized spacial score (nSPS) is 13.1. The highest BCUT2D eigenvalue weighted by Crippen LogP contribution is 2.18. The Kier molecular flexibility index (Phi) is 6.17. The summed E-state index contributed by atoms with van der Waals surface area (Å²) in [4.78, 5) is 36.7. The minimum atomic E-state index is -0.595. The summed E-state index contributed by atoms with van der Waals surface area (Å²) in [7, 11) is 1.50. The molecule has 0 aromatic heterocycles. The minimum absolute atomic E-state index is 0.0457. The molecular formula is C17H22N2O5. The maximum absolute atomic E-state index is 11.9. The van der Waals surface area contributed by atoms with Crippen molar-refractivity contribution in [2.45, 2.75) is 25.8 Å². The molecule has 1 aliphatic carbocycles. The molecule has 1 aliphatic rings. The van der Waals surface area contributed by atoms with Crippen LogP contribution in [-0.2, 0) is 14.3 Å². The fourth-order valence-corrected chi connectivity index (χ4v) is 1.98. The van der Waals surface area contributed by atoms with E-state index in [-0.39, 0.29) is 18.5 Å². The lowest BCUT2D eigenvalue weighted by molar-refractivity contribution is -0.137. The van der Waals surface area contributed by atoms with Gasteiger partial charge in [0.2, 0.25) is 5.91 Å². The lowest BCUT2D eigenvalue weighted by Gasteiger charge is -2.16. The Bertz CT molecular complexity index is 596. The Morgan fingerprint density at radius 1 is 1.21 bits per heavy atom. The number of carbonyl (C=O) groups is 3. The van der Waals surface area contributed by atoms with Crippen LogP contribution in [0.25, 0.3) is 0 Å². The quantitative estimate of drug-likeness (QED) is 0.716. The molecule has 130 valence electrons. The largest absolute Gasteiger partial charge is 0.494 e. The van der Waals surface area contributed by atoms with Gasteiger partial charge in [-0.3, -0.25) is 9.59 Å². The number of hydrogen-bond donors (Lipinski definition) is 1. The van der Waals surface area contributed by atoms with Crippen molar-refractivity contribution in [3.63, 3.8) is 0 Å². The van der Waals surface area contributed by atoms with E-state index in [1.54, 1.807) is 24.3 Å². The molecule has 0 bridgehead atoms. The van der Waals surface area contributed by atoms with E-state index in [9.17, 15) is 14.4 Å². The standard InChI is InChI=1S/C17H22N2O5/c1-3-23-14-8-4-12(5-9-14)17(22)24-11-16(21)19(2)10-15(20)18-13-6-7-13/h4-5,8-9,13H,3,6-7,10-11H2,1-2H3,(H,18,20). The van der Waals surface area contributed by atoms with Gasteiger partial charge in [-0.1, -0.05) is 0 Å². The van der Waals surface area contributed by atoms with Gasteiger partial charge in [-0.25, -0.2) is 4.79 Å². The van der Waals surface area contributed by atoms with Gasteiger partial charge in [0.1, 0.15) is 5.75 Å². The summed E-state index contributed by atoms with van der Waals surface area (Å²) >= 11 is 0. The van der Waals surface area contributed by atoms with Crippen molar-refractivity contribution in [3.8, 4) is 5.75 Å². The first-order chi connectivity index (χ1) is 11.5. The third-order valence-electron chi connectivity index (χ3n) is 3.48. The van der Waals surface area contributed by atoms with Crippen molar-refractivity contribution in [3.05, 3.63) is 29.8 Å². The Morgan fingerprint density at radius 2 is 1.88 bits per heavy atom. The third-order valence-corrected chi connectivity index (χ3v) is 3.48. The molecular weight excluding hydrogens is 312 g/mol. The van der Waals surface area contributed by atoms with Crippen molar-refractivity contribution in [2.24, 2.45) is 0 Å². The number of amides is 2. The number of carbonyl (C=O) groups excluding carboxylic acids is 3. The Labute approximate surface area is 140 Å². The summed E-state index contributed by atoms with van der Waals surface area (Å²) in [6, 6.07) is 6.72. The molecule has 0 saturated heterocycles. The van der Waals surface area contributed by atoms with Gasteiger partial charge in [0.25, 0.3) is 5.91 Å². The van der Waals surface area contributed by atoms with E-state index in [1.807, 2.05) is 6.92 Å². The summed E-state index contributed by atoms with van der Waals surface area (Å²) in [5, 5.41) is 2.79. The molecule has 2 rings (SSSR count). The monoisotopic (exact) mass is 334 g/mol. The van der Waals surface area contributed by atoms with Crippen LogP contribution in [-0.4, -0.2) is 55.5 Å². The number of esters is 1. The van der Waals surface area contributed by atoms with Crippen molar-refractivity contribution < 1.29 is 23.9 Å². The maximum atomic E-state index is 11.9. The lowest BCUT2D eigenvalue weighted by Crippen LogP contribution is -2.40. The van der Waals surface area contributed by atoms with Crippen LogP contribution in [0.2, 0.25) is 0 Å². The average Bonchev–Trinajstić information content (AvgIpc) is 3.37. The number of benzene rings is 1. The number of hydrogen-bond acceptors (Lipinski definition) is 5. The van der Waals surface area contributed by atoms with Crippen LogP contribution in [0.3, 0.4) is 0 Å². The fraction of sp³-hybridized carbons (Fsp3) is 0.471. The third kappa shape index (κ3) is 5.57. The zero-order chi connectivity index (χ0) is 17.5. The van der Waals surface area contributed by atoms with E-state index in [4.69, 9.17) is 9.47 Å². The molecule has 0 heterocycles. The molecule has 0 radical (unpaired) electrons. The summed E-state index contributed by atoms with van der Waals surface area (Å²) < 4.78 is 10.3. The highest BCUT2D eigenvalue weighted by molar-refractivity contribution is 5.92. The van der Waals surface area contributed by atoms with Crippen molar-refractivity contribution in [2.75, 3.05) is 26.8 Å². The first-order valence-electron chi connectivity index (χ1n) is 7.93. The Hall–Kier alpha value is -2.57. The molecule has 0 aliphatic heterocycles. The predicted molar refractivity (Wildman–Crippen MR) is 86.7 cm³/mol. The van der Waals surface area contributed by atoms with Gasteiger partial charge in [0, 0.05) is 13.1 Å². The number of nitrogens with one attached hydrogen (secondary N) is 1. The van der Waals surface area contributed by atoms with E-state index in [0.29, 0.717) is 17.9 Å². The summed E-state index contributed by atoms with van der Waals surface area (Å²) in [5.41, 5.74) is 0.334. The van der Waals surface area contributed by atoms with Gasteiger partial charge < -0.3 is 19.7 Å². The molecule has 1 aromatic rings. The van der Waals surface area contributed by atoms with Gasteiger partial charge >= 0.3 is 5.97 Å². The SMILES string of the molecule is CCOc1ccc(C(=O)OCC(=O)N(C)CC(=O)NC2CC2)cc1. The van der Waals surface area contributed by atoms with Crippen molar-refractivity contribution >= 4 is 17.8 Å². The zero-order valence-corrected chi connectivity index (χ0v) is 13.9. The van der Waals surface area contributed by atoms with Crippen LogP contribution in [0.15, 0.2) is 24.3 Å². The van der Waals surface area contributed by atoms with Crippen LogP contribution < -0.4 is 10.1 Å². The first kappa shape index (κ1) is 17.8. The highest BCUT2D eigenvalue weighted by Gasteiger charge is 2.24. The molecule has 1 saturated carbocycles. The molecule has 2 amide bonds. The Morgan fingerprint density at radius 3 is 2.46 bits per heavy atom. The van der Waals surface area contributed by atoms with E-state index in [1.165, 1.54) is 11.9 Å². The summed E-state index contributed by atoms with van der Waals surface area (Å²) in [6.07, 6.45) is 1.98. The van der Waals surface area contributed by atoms with E-state index in [0.717, 1.165) is 12.8 Å². The first-order valence-corrected chi connectivity index (χ1v) is 7.93. The van der Waals surface area contributed by atoms with Gasteiger partial charge in [-0.15, -0.1) is 0 Å². The molecule has 1 N–H and O–H groups in total. The molecule has 0 spiro atoms. The molecule has 0 atom stereocenters. The Balaban J connectivity index is 1.75. The summed E-state index contributed by atoms with van der Waals surface area (Å²) in [6.45, 7) is 1.96. The van der Waals surface area contributed by atoms with Crippen LogP contribution in [0.4, 0.5) is 0 Å². The molecule has 24 heavy (non-hydrogen) atoms. The minimum Gasteiger partial charge on any atom is -0.494 e. The maximum Gasteiger partial charge on any atom is 0.338 e. The fourth-order valence-electron chi connectivity index (χ4n) is 1.98. The molecule has 7 nitrogen and oxygen atoms in total. The van der Waals surface area contributed by atoms with Crippen LogP contribution in [0.1, 0.15) is 30.1 Å². The zero-order valence-electron chi connectivity index (χ0n) is 13.9. The smallest absolute Gasteiger partial charge is 0.338 e. The van der Waals surface area contributed by atoms with Crippen LogP contribution in [0, 0.1) is 0 Å². The van der Waals surface area contributed by atoms with Crippen molar-refractivity contribution in [1.29, 1.82) is 0 Å². The number of likely N-dealkylation sites (N-methyl/N-ethyl adjacent to an activating group) is 1. The van der Waals surface area contributed by atoms with Crippen LogP contribution >= 0.6 is 0 Å². The topological polar surface area (TPSA) is 84.9 Å².